The van der Waals surface area contributed by atoms with Gasteiger partial charge in [0.1, 0.15) is 0 Å². The number of hydrogen-bond donors (Lipinski definition) is 2. The fourth-order valence-corrected chi connectivity index (χ4v) is 1.51. The molecule has 0 spiro atoms. The van der Waals surface area contributed by atoms with E-state index in [0.717, 1.165) is 11.4 Å². The smallest absolute Gasteiger partial charge is 0.0681 e. The molecule has 16 heavy (non-hydrogen) atoms. The molecule has 2 aromatic heterocycles. The Balaban J connectivity index is 2.20. The molecule has 82 valence electrons. The van der Waals surface area contributed by atoms with Crippen LogP contribution in [-0.4, -0.2) is 9.97 Å². The van der Waals surface area contributed by atoms with Crippen LogP contribution in [-0.2, 0) is 0 Å². The van der Waals surface area contributed by atoms with Gasteiger partial charge in [-0.05, 0) is 24.3 Å². The first-order valence-corrected chi connectivity index (χ1v) is 5.12. The zero-order chi connectivity index (χ0) is 11.4. The van der Waals surface area contributed by atoms with Crippen molar-refractivity contribution in [2.75, 3.05) is 0 Å². The van der Waals surface area contributed by atoms with Crippen LogP contribution in [0.5, 0.6) is 0 Å². The SMILES string of the molecule is N[C@@H](c1ccccn1)[C@@H](N)c1ccccn1. The molecule has 0 fully saturated rings. The van der Waals surface area contributed by atoms with Crippen LogP contribution in [0.1, 0.15) is 23.5 Å². The third-order valence-electron chi connectivity index (χ3n) is 2.45. The maximum absolute atomic E-state index is 6.04. The normalized spacial score (nSPS) is 14.4. The Morgan fingerprint density at radius 1 is 0.750 bits per heavy atom. The number of pyridine rings is 2. The number of hydrogen-bond acceptors (Lipinski definition) is 4. The van der Waals surface area contributed by atoms with Crippen molar-refractivity contribution in [2.45, 2.75) is 12.1 Å². The summed E-state index contributed by atoms with van der Waals surface area (Å²) in [5.74, 6) is 0. The van der Waals surface area contributed by atoms with E-state index >= 15 is 0 Å². The van der Waals surface area contributed by atoms with Gasteiger partial charge in [0.25, 0.3) is 0 Å². The molecule has 4 N–H and O–H groups in total. The van der Waals surface area contributed by atoms with E-state index in [1.807, 2.05) is 36.4 Å². The predicted molar refractivity (Wildman–Crippen MR) is 62.3 cm³/mol. The molecule has 2 atom stereocenters. The third kappa shape index (κ3) is 2.24. The van der Waals surface area contributed by atoms with E-state index in [1.165, 1.54) is 0 Å². The van der Waals surface area contributed by atoms with Gasteiger partial charge < -0.3 is 11.5 Å². The first kappa shape index (κ1) is 10.7. The predicted octanol–water partition coefficient (Wildman–Crippen LogP) is 1.18. The minimum atomic E-state index is -0.337. The molecule has 0 unspecified atom stereocenters. The summed E-state index contributed by atoms with van der Waals surface area (Å²) in [6, 6.07) is 10.6. The lowest BCUT2D eigenvalue weighted by Gasteiger charge is -2.18. The zero-order valence-electron chi connectivity index (χ0n) is 8.82. The highest BCUT2D eigenvalue weighted by Gasteiger charge is 2.18. The summed E-state index contributed by atoms with van der Waals surface area (Å²) in [5, 5.41) is 0. The topological polar surface area (TPSA) is 77.8 Å². The molecule has 4 nitrogen and oxygen atoms in total. The fourth-order valence-electron chi connectivity index (χ4n) is 1.51. The van der Waals surface area contributed by atoms with E-state index in [0.29, 0.717) is 0 Å². The van der Waals surface area contributed by atoms with Crippen LogP contribution in [0.3, 0.4) is 0 Å². The molecule has 2 rings (SSSR count). The molecule has 0 aromatic carbocycles. The third-order valence-corrected chi connectivity index (χ3v) is 2.45. The highest BCUT2D eigenvalue weighted by Crippen LogP contribution is 2.20. The van der Waals surface area contributed by atoms with Crippen molar-refractivity contribution in [1.29, 1.82) is 0 Å². The molecule has 2 aromatic rings. The lowest BCUT2D eigenvalue weighted by atomic mass is 10.0. The van der Waals surface area contributed by atoms with Crippen molar-refractivity contribution in [1.82, 2.24) is 9.97 Å². The molecular weight excluding hydrogens is 200 g/mol. The van der Waals surface area contributed by atoms with Crippen LogP contribution in [0.25, 0.3) is 0 Å². The monoisotopic (exact) mass is 214 g/mol. The minimum absolute atomic E-state index is 0.337. The molecule has 0 aliphatic rings. The average Bonchev–Trinajstić information content (AvgIpc) is 2.39. The Hall–Kier alpha value is -1.78. The van der Waals surface area contributed by atoms with E-state index in [4.69, 9.17) is 11.5 Å². The Labute approximate surface area is 94.3 Å². The summed E-state index contributed by atoms with van der Waals surface area (Å²) >= 11 is 0. The van der Waals surface area contributed by atoms with Gasteiger partial charge in [-0.2, -0.15) is 0 Å². The van der Waals surface area contributed by atoms with Gasteiger partial charge in [0.05, 0.1) is 23.5 Å². The van der Waals surface area contributed by atoms with Gasteiger partial charge in [-0.1, -0.05) is 12.1 Å². The molecular formula is C12H14N4. The quantitative estimate of drug-likeness (QED) is 0.804. The summed E-state index contributed by atoms with van der Waals surface area (Å²) in [6.45, 7) is 0. The Bertz CT molecular complexity index is 386. The van der Waals surface area contributed by atoms with E-state index in [1.54, 1.807) is 12.4 Å². The van der Waals surface area contributed by atoms with E-state index in [2.05, 4.69) is 9.97 Å². The van der Waals surface area contributed by atoms with Crippen LogP contribution in [0, 0.1) is 0 Å². The van der Waals surface area contributed by atoms with E-state index < -0.39 is 0 Å². The lowest BCUT2D eigenvalue weighted by Crippen LogP contribution is -2.27. The standard InChI is InChI=1S/C12H14N4/c13-11(9-5-1-3-7-15-9)12(14)10-6-2-4-8-16-10/h1-8,11-12H,13-14H2/t11-,12-/m0/s1. The Kier molecular flexibility index (Phi) is 3.24. The van der Waals surface area contributed by atoms with Crippen molar-refractivity contribution in [2.24, 2.45) is 11.5 Å². The van der Waals surface area contributed by atoms with Crippen molar-refractivity contribution in [3.8, 4) is 0 Å². The fraction of sp³-hybridized carbons (Fsp3) is 0.167. The van der Waals surface area contributed by atoms with Gasteiger partial charge in [-0.3, -0.25) is 9.97 Å². The van der Waals surface area contributed by atoms with Gasteiger partial charge in [0.15, 0.2) is 0 Å². The largest absolute Gasteiger partial charge is 0.321 e. The first-order valence-electron chi connectivity index (χ1n) is 5.12. The van der Waals surface area contributed by atoms with Gasteiger partial charge in [-0.15, -0.1) is 0 Å². The number of rotatable bonds is 3. The van der Waals surface area contributed by atoms with Gasteiger partial charge in [0.2, 0.25) is 0 Å². The highest BCUT2D eigenvalue weighted by atomic mass is 14.9. The van der Waals surface area contributed by atoms with Crippen LogP contribution in [0.15, 0.2) is 48.8 Å². The maximum Gasteiger partial charge on any atom is 0.0681 e. The van der Waals surface area contributed by atoms with Crippen molar-refractivity contribution < 1.29 is 0 Å². The zero-order valence-corrected chi connectivity index (χ0v) is 8.82. The summed E-state index contributed by atoms with van der Waals surface area (Å²) < 4.78 is 0. The van der Waals surface area contributed by atoms with Crippen LogP contribution >= 0.6 is 0 Å². The summed E-state index contributed by atoms with van der Waals surface area (Å²) in [4.78, 5) is 8.38. The molecule has 0 aliphatic carbocycles. The maximum atomic E-state index is 6.04. The molecule has 0 aliphatic heterocycles. The number of nitrogens with zero attached hydrogens (tertiary/aromatic N) is 2. The van der Waals surface area contributed by atoms with Crippen LogP contribution in [0.2, 0.25) is 0 Å². The van der Waals surface area contributed by atoms with Crippen molar-refractivity contribution in [3.63, 3.8) is 0 Å². The molecule has 0 bridgehead atoms. The van der Waals surface area contributed by atoms with Gasteiger partial charge in [0, 0.05) is 12.4 Å². The molecule has 2 heterocycles. The first-order chi connectivity index (χ1) is 7.79. The molecule has 0 radical (unpaired) electrons. The minimum Gasteiger partial charge on any atom is -0.321 e. The van der Waals surface area contributed by atoms with Crippen molar-refractivity contribution >= 4 is 0 Å². The molecule has 0 saturated carbocycles. The number of aromatic nitrogens is 2. The van der Waals surface area contributed by atoms with Crippen molar-refractivity contribution in [3.05, 3.63) is 60.2 Å². The van der Waals surface area contributed by atoms with E-state index in [9.17, 15) is 0 Å². The second-order valence-corrected chi connectivity index (χ2v) is 3.56. The average molecular weight is 214 g/mol. The molecule has 4 heteroatoms. The summed E-state index contributed by atoms with van der Waals surface area (Å²) in [5.41, 5.74) is 13.6. The highest BCUT2D eigenvalue weighted by molar-refractivity contribution is 5.17. The molecule has 0 saturated heterocycles. The molecule has 0 amide bonds. The number of nitrogens with two attached hydrogens (primary N) is 2. The Morgan fingerprint density at radius 2 is 1.19 bits per heavy atom. The van der Waals surface area contributed by atoms with Gasteiger partial charge >= 0.3 is 0 Å². The van der Waals surface area contributed by atoms with Gasteiger partial charge in [-0.25, -0.2) is 0 Å². The lowest BCUT2D eigenvalue weighted by molar-refractivity contribution is 0.548. The van der Waals surface area contributed by atoms with Crippen LogP contribution in [0.4, 0.5) is 0 Å². The second-order valence-electron chi connectivity index (χ2n) is 3.56. The Morgan fingerprint density at radius 3 is 1.50 bits per heavy atom. The van der Waals surface area contributed by atoms with E-state index in [-0.39, 0.29) is 12.1 Å². The van der Waals surface area contributed by atoms with Crippen LogP contribution < -0.4 is 11.5 Å². The summed E-state index contributed by atoms with van der Waals surface area (Å²) in [7, 11) is 0. The summed E-state index contributed by atoms with van der Waals surface area (Å²) in [6.07, 6.45) is 3.42. The second kappa shape index (κ2) is 4.83.